The average molecular weight is 273 g/mol. The van der Waals surface area contributed by atoms with Gasteiger partial charge in [0.25, 0.3) is 0 Å². The lowest BCUT2D eigenvalue weighted by molar-refractivity contribution is 0.432. The molecule has 0 spiro atoms. The van der Waals surface area contributed by atoms with Gasteiger partial charge >= 0.3 is 0 Å². The van der Waals surface area contributed by atoms with Crippen molar-refractivity contribution in [1.29, 1.82) is 0 Å². The first-order chi connectivity index (χ1) is 9.63. The summed E-state index contributed by atoms with van der Waals surface area (Å²) >= 11 is 0. The van der Waals surface area contributed by atoms with Gasteiger partial charge in [-0.25, -0.2) is 4.68 Å². The van der Waals surface area contributed by atoms with Crippen LogP contribution in [0.3, 0.4) is 0 Å². The van der Waals surface area contributed by atoms with Gasteiger partial charge in [0, 0.05) is 11.3 Å². The summed E-state index contributed by atoms with van der Waals surface area (Å²) in [6, 6.07) is 6.27. The van der Waals surface area contributed by atoms with Crippen molar-refractivity contribution in [2.75, 3.05) is 5.73 Å². The third-order valence-corrected chi connectivity index (χ3v) is 3.67. The molecule has 2 rings (SSSR count). The summed E-state index contributed by atoms with van der Waals surface area (Å²) in [5.74, 6) is 0.792. The van der Waals surface area contributed by atoms with Gasteiger partial charge in [0.2, 0.25) is 0 Å². The highest BCUT2D eigenvalue weighted by molar-refractivity contribution is 5.63. The van der Waals surface area contributed by atoms with Crippen molar-refractivity contribution >= 4 is 5.69 Å². The van der Waals surface area contributed by atoms with Crippen molar-refractivity contribution in [3.8, 4) is 11.4 Å². The molecule has 0 bridgehead atoms. The van der Waals surface area contributed by atoms with Gasteiger partial charge in [-0.05, 0) is 42.3 Å². The molecule has 0 amide bonds. The first-order valence-corrected chi connectivity index (χ1v) is 7.27. The monoisotopic (exact) mass is 273 g/mol. The molecule has 0 fully saturated rings. The molecule has 5 nitrogen and oxygen atoms in total. The topological polar surface area (TPSA) is 69.6 Å². The van der Waals surface area contributed by atoms with Crippen LogP contribution in [-0.4, -0.2) is 20.2 Å². The Bertz CT molecular complexity index is 561. The molecule has 1 heterocycles. The molecule has 108 valence electrons. The normalized spacial score (nSPS) is 12.6. The van der Waals surface area contributed by atoms with Crippen LogP contribution in [0.15, 0.2) is 18.2 Å². The molecule has 0 saturated heterocycles. The second-order valence-electron chi connectivity index (χ2n) is 5.36. The number of unbranched alkanes of at least 4 members (excludes halogenated alkanes) is 2. The number of hydrogen-bond acceptors (Lipinski definition) is 4. The maximum absolute atomic E-state index is 5.97. The number of nitrogens with two attached hydrogens (primary N) is 1. The summed E-state index contributed by atoms with van der Waals surface area (Å²) < 4.78 is 1.90. The Kier molecular flexibility index (Phi) is 4.71. The summed E-state index contributed by atoms with van der Waals surface area (Å²) in [7, 11) is 0. The summed E-state index contributed by atoms with van der Waals surface area (Å²) in [6.45, 7) is 6.37. The van der Waals surface area contributed by atoms with Crippen LogP contribution in [0.4, 0.5) is 5.69 Å². The fourth-order valence-electron chi connectivity index (χ4n) is 2.27. The van der Waals surface area contributed by atoms with E-state index in [0.29, 0.717) is 6.04 Å². The maximum Gasteiger partial charge on any atom is 0.182 e. The maximum atomic E-state index is 5.97. The molecule has 1 aromatic carbocycles. The van der Waals surface area contributed by atoms with Crippen LogP contribution >= 0.6 is 0 Å². The largest absolute Gasteiger partial charge is 0.398 e. The lowest BCUT2D eigenvalue weighted by atomic mass is 10.1. The third kappa shape index (κ3) is 3.15. The highest BCUT2D eigenvalue weighted by atomic mass is 15.5. The van der Waals surface area contributed by atoms with Crippen molar-refractivity contribution in [1.82, 2.24) is 20.2 Å². The van der Waals surface area contributed by atoms with Gasteiger partial charge in [-0.15, -0.1) is 5.10 Å². The Morgan fingerprint density at radius 1 is 1.30 bits per heavy atom. The molecule has 0 saturated carbocycles. The smallest absolute Gasteiger partial charge is 0.182 e. The van der Waals surface area contributed by atoms with Crippen molar-refractivity contribution in [2.24, 2.45) is 0 Å². The molecular formula is C15H23N5. The number of anilines is 1. The molecule has 20 heavy (non-hydrogen) atoms. The second-order valence-corrected chi connectivity index (χ2v) is 5.36. The molecule has 0 radical (unpaired) electrons. The zero-order valence-corrected chi connectivity index (χ0v) is 12.5. The van der Waals surface area contributed by atoms with Crippen LogP contribution in [-0.2, 0) is 0 Å². The Balaban J connectivity index is 2.21. The van der Waals surface area contributed by atoms with E-state index in [-0.39, 0.29) is 0 Å². The van der Waals surface area contributed by atoms with E-state index in [4.69, 9.17) is 5.73 Å². The van der Waals surface area contributed by atoms with Gasteiger partial charge in [0.15, 0.2) is 5.82 Å². The Morgan fingerprint density at radius 3 is 2.80 bits per heavy atom. The number of tetrazole rings is 1. The number of aromatic nitrogens is 4. The molecule has 1 aromatic heterocycles. The van der Waals surface area contributed by atoms with Crippen LogP contribution in [0.25, 0.3) is 11.4 Å². The lowest BCUT2D eigenvalue weighted by Crippen LogP contribution is -2.09. The molecule has 0 aliphatic carbocycles. The zero-order chi connectivity index (χ0) is 14.5. The van der Waals surface area contributed by atoms with Crippen molar-refractivity contribution in [2.45, 2.75) is 52.5 Å². The minimum Gasteiger partial charge on any atom is -0.398 e. The fourth-order valence-corrected chi connectivity index (χ4v) is 2.27. The number of benzene rings is 1. The molecule has 1 unspecified atom stereocenters. The van der Waals surface area contributed by atoms with Crippen LogP contribution < -0.4 is 5.73 Å². The Labute approximate surface area is 120 Å². The number of nitrogens with zero attached hydrogens (tertiary/aromatic N) is 4. The van der Waals surface area contributed by atoms with Crippen molar-refractivity contribution < 1.29 is 0 Å². The first kappa shape index (κ1) is 14.5. The fraction of sp³-hybridized carbons (Fsp3) is 0.533. The number of nitrogen functional groups attached to an aromatic ring is 1. The highest BCUT2D eigenvalue weighted by Crippen LogP contribution is 2.25. The zero-order valence-electron chi connectivity index (χ0n) is 12.5. The molecular weight excluding hydrogens is 250 g/mol. The average Bonchev–Trinajstić information content (AvgIpc) is 2.91. The molecule has 0 aliphatic heterocycles. The van der Waals surface area contributed by atoms with E-state index in [1.54, 1.807) is 0 Å². The van der Waals surface area contributed by atoms with E-state index in [1.807, 2.05) is 29.8 Å². The Morgan fingerprint density at radius 2 is 2.10 bits per heavy atom. The molecule has 0 aliphatic rings. The van der Waals surface area contributed by atoms with E-state index in [9.17, 15) is 0 Å². The van der Waals surface area contributed by atoms with Crippen LogP contribution in [0.1, 0.15) is 51.1 Å². The van der Waals surface area contributed by atoms with E-state index in [2.05, 4.69) is 29.4 Å². The van der Waals surface area contributed by atoms with E-state index in [0.717, 1.165) is 29.1 Å². The van der Waals surface area contributed by atoms with Gasteiger partial charge < -0.3 is 5.73 Å². The van der Waals surface area contributed by atoms with Gasteiger partial charge in [0.05, 0.1) is 6.04 Å². The number of aryl methyl sites for hydroxylation is 1. The van der Waals surface area contributed by atoms with Crippen LogP contribution in [0.5, 0.6) is 0 Å². The minimum atomic E-state index is 0.300. The van der Waals surface area contributed by atoms with Gasteiger partial charge in [-0.2, -0.15) is 0 Å². The number of rotatable bonds is 6. The van der Waals surface area contributed by atoms with E-state index in [1.165, 1.54) is 19.3 Å². The van der Waals surface area contributed by atoms with Crippen molar-refractivity contribution in [3.05, 3.63) is 23.8 Å². The molecule has 2 N–H and O–H groups in total. The standard InChI is InChI=1S/C15H23N5/c1-4-5-6-7-12(3)20-15(17-18-19-20)13-9-8-11(2)14(16)10-13/h8-10,12H,4-7,16H2,1-3H3. The van der Waals surface area contributed by atoms with Crippen LogP contribution in [0, 0.1) is 6.92 Å². The van der Waals surface area contributed by atoms with Gasteiger partial charge in [-0.3, -0.25) is 0 Å². The predicted molar refractivity (Wildman–Crippen MR) is 81.3 cm³/mol. The SMILES string of the molecule is CCCCCC(C)n1nnnc1-c1ccc(C)c(N)c1. The molecule has 2 aromatic rings. The first-order valence-electron chi connectivity index (χ1n) is 7.27. The second kappa shape index (κ2) is 6.50. The summed E-state index contributed by atoms with van der Waals surface area (Å²) in [4.78, 5) is 0. The third-order valence-electron chi connectivity index (χ3n) is 3.67. The quantitative estimate of drug-likeness (QED) is 0.647. The minimum absolute atomic E-state index is 0.300. The summed E-state index contributed by atoms with van der Waals surface area (Å²) in [6.07, 6.45) is 4.77. The van der Waals surface area contributed by atoms with E-state index < -0.39 is 0 Å². The summed E-state index contributed by atoms with van der Waals surface area (Å²) in [5.41, 5.74) is 8.79. The van der Waals surface area contributed by atoms with Crippen molar-refractivity contribution in [3.63, 3.8) is 0 Å². The van der Waals surface area contributed by atoms with E-state index >= 15 is 0 Å². The number of hydrogen-bond donors (Lipinski definition) is 1. The Hall–Kier alpha value is -1.91. The predicted octanol–water partition coefficient (Wildman–Crippen LogP) is 3.37. The lowest BCUT2D eigenvalue weighted by Gasteiger charge is -2.13. The molecule has 1 atom stereocenters. The van der Waals surface area contributed by atoms with Gasteiger partial charge in [-0.1, -0.05) is 38.3 Å². The molecule has 5 heteroatoms. The van der Waals surface area contributed by atoms with Crippen LogP contribution in [0.2, 0.25) is 0 Å². The summed E-state index contributed by atoms with van der Waals surface area (Å²) in [5, 5.41) is 12.1. The highest BCUT2D eigenvalue weighted by Gasteiger charge is 2.14. The van der Waals surface area contributed by atoms with Gasteiger partial charge in [0.1, 0.15) is 0 Å².